The Balaban J connectivity index is 0.00000180. The van der Waals surface area contributed by atoms with Gasteiger partial charge in [0.25, 0.3) is 0 Å². The summed E-state index contributed by atoms with van der Waals surface area (Å²) in [5.74, 6) is 0.920. The van der Waals surface area contributed by atoms with Crippen molar-refractivity contribution in [3.8, 4) is 0 Å². The van der Waals surface area contributed by atoms with E-state index in [0.717, 1.165) is 55.4 Å². The Bertz CT molecular complexity index is 438. The number of aliphatic imine (C=N–C) groups is 1. The number of nitrogens with zero attached hydrogens (tertiary/aromatic N) is 1. The van der Waals surface area contributed by atoms with Gasteiger partial charge in [0.2, 0.25) is 0 Å². The largest absolute Gasteiger partial charge is 0.356 e. The van der Waals surface area contributed by atoms with Gasteiger partial charge in [-0.25, -0.2) is 0 Å². The molecule has 2 N–H and O–H groups in total. The summed E-state index contributed by atoms with van der Waals surface area (Å²) in [6.07, 6.45) is 3.07. The van der Waals surface area contributed by atoms with Crippen molar-refractivity contribution in [2.75, 3.05) is 19.6 Å². The Morgan fingerprint density at radius 1 is 1.32 bits per heavy atom. The standard InChI is InChI=1S/C13H17Cl2N3.HI/c14-11-5-4-10(12(15)9-11)3-1-6-16-13-17-7-2-8-18-13;/h4-5,9H,1-3,6-8H2,(H2,16,17,18);1H. The monoisotopic (exact) mass is 413 g/mol. The van der Waals surface area contributed by atoms with Gasteiger partial charge in [-0.1, -0.05) is 29.3 Å². The Labute approximate surface area is 141 Å². The molecule has 0 amide bonds. The summed E-state index contributed by atoms with van der Waals surface area (Å²) in [4.78, 5) is 4.35. The van der Waals surface area contributed by atoms with Crippen LogP contribution in [-0.4, -0.2) is 25.6 Å². The highest BCUT2D eigenvalue weighted by Gasteiger charge is 2.04. The quantitative estimate of drug-likeness (QED) is 0.585. The summed E-state index contributed by atoms with van der Waals surface area (Å²) >= 11 is 12.0. The number of hydrogen-bond acceptors (Lipinski definition) is 3. The normalized spacial score (nSPS) is 14.1. The maximum Gasteiger partial charge on any atom is 0.191 e. The van der Waals surface area contributed by atoms with Crippen LogP contribution < -0.4 is 10.6 Å². The topological polar surface area (TPSA) is 36.4 Å². The number of aryl methyl sites for hydroxylation is 1. The molecule has 6 heteroatoms. The van der Waals surface area contributed by atoms with Crippen molar-refractivity contribution in [1.82, 2.24) is 10.6 Å². The molecule has 3 nitrogen and oxygen atoms in total. The van der Waals surface area contributed by atoms with Crippen LogP contribution in [0.3, 0.4) is 0 Å². The molecule has 0 unspecified atom stereocenters. The molecular formula is C13H18Cl2IN3. The van der Waals surface area contributed by atoms with Gasteiger partial charge >= 0.3 is 0 Å². The molecule has 0 bridgehead atoms. The molecule has 0 atom stereocenters. The van der Waals surface area contributed by atoms with Crippen molar-refractivity contribution in [1.29, 1.82) is 0 Å². The molecule has 0 saturated carbocycles. The highest BCUT2D eigenvalue weighted by molar-refractivity contribution is 14.0. The fourth-order valence-corrected chi connectivity index (χ4v) is 2.36. The highest BCUT2D eigenvalue weighted by atomic mass is 127. The van der Waals surface area contributed by atoms with Crippen LogP contribution in [-0.2, 0) is 6.42 Å². The first-order valence-corrected chi connectivity index (χ1v) is 6.97. The SMILES string of the molecule is Clc1ccc(CCCNC2=NCCCN2)c(Cl)c1.I. The Morgan fingerprint density at radius 3 is 2.84 bits per heavy atom. The van der Waals surface area contributed by atoms with Crippen LogP contribution in [0.1, 0.15) is 18.4 Å². The first-order valence-electron chi connectivity index (χ1n) is 6.22. The minimum Gasteiger partial charge on any atom is -0.356 e. The van der Waals surface area contributed by atoms with Gasteiger partial charge in [0.05, 0.1) is 0 Å². The van der Waals surface area contributed by atoms with Gasteiger partial charge < -0.3 is 10.6 Å². The minimum atomic E-state index is 0. The van der Waals surface area contributed by atoms with Crippen LogP contribution in [0.2, 0.25) is 10.0 Å². The fraction of sp³-hybridized carbons (Fsp3) is 0.462. The number of benzene rings is 1. The van der Waals surface area contributed by atoms with E-state index in [1.165, 1.54) is 0 Å². The van der Waals surface area contributed by atoms with E-state index in [2.05, 4.69) is 15.6 Å². The van der Waals surface area contributed by atoms with Gasteiger partial charge in [0, 0.05) is 29.7 Å². The first kappa shape index (κ1) is 16.9. The third-order valence-electron chi connectivity index (χ3n) is 2.83. The second-order valence-electron chi connectivity index (χ2n) is 4.28. The van der Waals surface area contributed by atoms with Crippen LogP contribution in [0, 0.1) is 0 Å². The first-order chi connectivity index (χ1) is 8.75. The number of guanidine groups is 1. The molecule has 106 valence electrons. The molecule has 19 heavy (non-hydrogen) atoms. The van der Waals surface area contributed by atoms with E-state index in [1.54, 1.807) is 6.07 Å². The van der Waals surface area contributed by atoms with Crippen LogP contribution in [0.25, 0.3) is 0 Å². The Kier molecular flexibility index (Phi) is 7.87. The summed E-state index contributed by atoms with van der Waals surface area (Å²) in [7, 11) is 0. The minimum absolute atomic E-state index is 0. The zero-order chi connectivity index (χ0) is 12.8. The van der Waals surface area contributed by atoms with Crippen molar-refractivity contribution in [3.05, 3.63) is 33.8 Å². The molecular weight excluding hydrogens is 396 g/mol. The van der Waals surface area contributed by atoms with Gasteiger partial charge in [0.1, 0.15) is 0 Å². The number of nitrogens with one attached hydrogen (secondary N) is 2. The zero-order valence-corrected chi connectivity index (χ0v) is 14.4. The molecule has 0 radical (unpaired) electrons. The molecule has 1 aromatic carbocycles. The maximum absolute atomic E-state index is 6.12. The van der Waals surface area contributed by atoms with E-state index in [4.69, 9.17) is 23.2 Å². The van der Waals surface area contributed by atoms with Crippen LogP contribution >= 0.6 is 47.2 Å². The van der Waals surface area contributed by atoms with Crippen LogP contribution in [0.5, 0.6) is 0 Å². The third kappa shape index (κ3) is 5.75. The molecule has 0 aromatic heterocycles. The van der Waals surface area contributed by atoms with Crippen LogP contribution in [0.15, 0.2) is 23.2 Å². The van der Waals surface area contributed by atoms with E-state index >= 15 is 0 Å². The molecule has 1 heterocycles. The highest BCUT2D eigenvalue weighted by Crippen LogP contribution is 2.21. The summed E-state index contributed by atoms with van der Waals surface area (Å²) < 4.78 is 0. The lowest BCUT2D eigenvalue weighted by molar-refractivity contribution is 0.686. The lowest BCUT2D eigenvalue weighted by atomic mass is 10.1. The summed E-state index contributed by atoms with van der Waals surface area (Å²) in [5.41, 5.74) is 1.14. The van der Waals surface area contributed by atoms with E-state index in [1.807, 2.05) is 12.1 Å². The Hall–Kier alpha value is -0.200. The lowest BCUT2D eigenvalue weighted by Crippen LogP contribution is -2.41. The molecule has 1 aliphatic rings. The van der Waals surface area contributed by atoms with Crippen molar-refractivity contribution in [2.45, 2.75) is 19.3 Å². The van der Waals surface area contributed by atoms with Crippen LogP contribution in [0.4, 0.5) is 0 Å². The maximum atomic E-state index is 6.12. The second-order valence-corrected chi connectivity index (χ2v) is 5.12. The molecule has 0 saturated heterocycles. The van der Waals surface area contributed by atoms with Crippen molar-refractivity contribution >= 4 is 53.1 Å². The predicted molar refractivity (Wildman–Crippen MR) is 93.1 cm³/mol. The average Bonchev–Trinajstić information content (AvgIpc) is 2.38. The van der Waals surface area contributed by atoms with Crippen molar-refractivity contribution in [2.24, 2.45) is 4.99 Å². The average molecular weight is 414 g/mol. The molecule has 0 aliphatic carbocycles. The molecule has 1 aliphatic heterocycles. The predicted octanol–water partition coefficient (Wildman–Crippen LogP) is 3.48. The summed E-state index contributed by atoms with van der Waals surface area (Å²) in [6, 6.07) is 5.66. The molecule has 2 rings (SSSR count). The van der Waals surface area contributed by atoms with Gasteiger partial charge in [-0.05, 0) is 37.0 Å². The molecule has 0 fully saturated rings. The second kappa shape index (κ2) is 8.87. The number of halogens is 3. The lowest BCUT2D eigenvalue weighted by Gasteiger charge is -2.15. The molecule has 0 spiro atoms. The van der Waals surface area contributed by atoms with Gasteiger partial charge in [-0.2, -0.15) is 0 Å². The van der Waals surface area contributed by atoms with Crippen molar-refractivity contribution < 1.29 is 0 Å². The zero-order valence-electron chi connectivity index (χ0n) is 10.6. The van der Waals surface area contributed by atoms with E-state index in [9.17, 15) is 0 Å². The number of rotatable bonds is 4. The number of hydrogen-bond donors (Lipinski definition) is 2. The van der Waals surface area contributed by atoms with Gasteiger partial charge in [-0.15, -0.1) is 24.0 Å². The van der Waals surface area contributed by atoms with E-state index in [-0.39, 0.29) is 24.0 Å². The van der Waals surface area contributed by atoms with E-state index in [0.29, 0.717) is 5.02 Å². The van der Waals surface area contributed by atoms with E-state index < -0.39 is 0 Å². The van der Waals surface area contributed by atoms with Gasteiger partial charge in [0.15, 0.2) is 5.96 Å². The third-order valence-corrected chi connectivity index (χ3v) is 3.41. The Morgan fingerprint density at radius 2 is 2.16 bits per heavy atom. The molecule has 1 aromatic rings. The smallest absolute Gasteiger partial charge is 0.191 e. The van der Waals surface area contributed by atoms with Gasteiger partial charge in [-0.3, -0.25) is 4.99 Å². The summed E-state index contributed by atoms with van der Waals surface area (Å²) in [5, 5.41) is 7.95. The fourth-order valence-electron chi connectivity index (χ4n) is 1.86. The summed E-state index contributed by atoms with van der Waals surface area (Å²) in [6.45, 7) is 2.82. The van der Waals surface area contributed by atoms with Crippen molar-refractivity contribution in [3.63, 3.8) is 0 Å².